The van der Waals surface area contributed by atoms with E-state index in [4.69, 9.17) is 4.74 Å². The summed E-state index contributed by atoms with van der Waals surface area (Å²) >= 11 is 0. The van der Waals surface area contributed by atoms with Gasteiger partial charge in [-0.3, -0.25) is 0 Å². The van der Waals surface area contributed by atoms with Crippen molar-refractivity contribution in [1.29, 1.82) is 0 Å². The van der Waals surface area contributed by atoms with Gasteiger partial charge in [0.2, 0.25) is 9.84 Å². The van der Waals surface area contributed by atoms with Crippen molar-refractivity contribution < 1.29 is 17.9 Å². The summed E-state index contributed by atoms with van der Waals surface area (Å²) in [5.74, 6) is 0.313. The second-order valence-corrected chi connectivity index (χ2v) is 11.9. The number of aromatic nitrogens is 1. The first-order valence-corrected chi connectivity index (χ1v) is 13.6. The Morgan fingerprint density at radius 1 is 1.06 bits per heavy atom. The fourth-order valence-electron chi connectivity index (χ4n) is 4.63. The van der Waals surface area contributed by atoms with Gasteiger partial charge in [-0.05, 0) is 68.8 Å². The highest BCUT2D eigenvalue weighted by Gasteiger charge is 2.27. The lowest BCUT2D eigenvalue weighted by Crippen LogP contribution is -2.39. The Morgan fingerprint density at radius 3 is 2.37 bits per heavy atom. The van der Waals surface area contributed by atoms with Gasteiger partial charge in [0, 0.05) is 42.8 Å². The standard InChI is InChI=1S/C27H35N3O4S/c1-20(2)19-34-27(31)29-14-12-22(13-15-29)30-18-21(17-28(3)4)25-16-24(10-11-26(25)30)35(32,33)23-8-6-5-7-9-23/h5-11,16,18,20,22H,12-15,17,19H2,1-4H3. The van der Waals surface area contributed by atoms with Crippen LogP contribution >= 0.6 is 0 Å². The third-order valence-corrected chi connectivity index (χ3v) is 8.16. The molecule has 1 aliphatic rings. The van der Waals surface area contributed by atoms with E-state index in [9.17, 15) is 13.2 Å². The molecule has 1 amide bonds. The minimum absolute atomic E-state index is 0.235. The normalized spacial score (nSPS) is 15.3. The van der Waals surface area contributed by atoms with Crippen molar-refractivity contribution in [2.75, 3.05) is 33.8 Å². The lowest BCUT2D eigenvalue weighted by atomic mass is 10.1. The summed E-state index contributed by atoms with van der Waals surface area (Å²) in [5, 5.41) is 0.953. The minimum Gasteiger partial charge on any atom is -0.449 e. The number of hydrogen-bond donors (Lipinski definition) is 0. The van der Waals surface area contributed by atoms with E-state index < -0.39 is 9.84 Å². The van der Waals surface area contributed by atoms with E-state index in [0.717, 1.165) is 29.3 Å². The smallest absolute Gasteiger partial charge is 0.409 e. The van der Waals surface area contributed by atoms with Crippen LogP contribution < -0.4 is 0 Å². The van der Waals surface area contributed by atoms with Crippen molar-refractivity contribution >= 4 is 26.8 Å². The van der Waals surface area contributed by atoms with Crippen LogP contribution in [0.1, 0.15) is 38.3 Å². The van der Waals surface area contributed by atoms with E-state index in [1.807, 2.05) is 46.1 Å². The van der Waals surface area contributed by atoms with Crippen LogP contribution in [0.5, 0.6) is 0 Å². The zero-order chi connectivity index (χ0) is 25.2. The van der Waals surface area contributed by atoms with E-state index >= 15 is 0 Å². The van der Waals surface area contributed by atoms with E-state index in [-0.39, 0.29) is 12.1 Å². The number of carbonyl (C=O) groups excluding carboxylic acids is 1. The lowest BCUT2D eigenvalue weighted by Gasteiger charge is -2.32. The summed E-state index contributed by atoms with van der Waals surface area (Å²) in [6, 6.07) is 14.2. The van der Waals surface area contributed by atoms with E-state index in [2.05, 4.69) is 15.7 Å². The number of hydrogen-bond acceptors (Lipinski definition) is 5. The first-order valence-electron chi connectivity index (χ1n) is 12.2. The van der Waals surface area contributed by atoms with E-state index in [0.29, 0.717) is 42.0 Å². The van der Waals surface area contributed by atoms with Gasteiger partial charge >= 0.3 is 6.09 Å². The molecule has 0 unspecified atom stereocenters. The maximum absolute atomic E-state index is 13.2. The number of fused-ring (bicyclic) bond motifs is 1. The highest BCUT2D eigenvalue weighted by molar-refractivity contribution is 7.91. The molecule has 8 heteroatoms. The predicted molar refractivity (Wildman–Crippen MR) is 137 cm³/mol. The number of likely N-dealkylation sites (tertiary alicyclic amines) is 1. The molecule has 0 bridgehead atoms. The van der Waals surface area contributed by atoms with Crippen molar-refractivity contribution in [2.45, 2.75) is 49.1 Å². The van der Waals surface area contributed by atoms with Crippen LogP contribution in [-0.4, -0.2) is 62.7 Å². The summed E-state index contributed by atoms with van der Waals surface area (Å²) in [7, 11) is 0.417. The molecule has 2 heterocycles. The molecule has 188 valence electrons. The van der Waals surface area contributed by atoms with Crippen molar-refractivity contribution in [3.05, 3.63) is 60.3 Å². The second-order valence-electron chi connectivity index (χ2n) is 9.98. The van der Waals surface area contributed by atoms with Crippen LogP contribution in [0.3, 0.4) is 0 Å². The third-order valence-electron chi connectivity index (χ3n) is 6.39. The molecule has 4 rings (SSSR count). The van der Waals surface area contributed by atoms with E-state index in [1.165, 1.54) is 0 Å². The number of piperidine rings is 1. The van der Waals surface area contributed by atoms with Gasteiger partial charge in [0.1, 0.15) is 0 Å². The highest BCUT2D eigenvalue weighted by atomic mass is 32.2. The quantitative estimate of drug-likeness (QED) is 0.461. The first kappa shape index (κ1) is 25.3. The van der Waals surface area contributed by atoms with Crippen LogP contribution in [0.2, 0.25) is 0 Å². The molecular weight excluding hydrogens is 462 g/mol. The van der Waals surface area contributed by atoms with Crippen LogP contribution in [0.15, 0.2) is 64.5 Å². The maximum Gasteiger partial charge on any atom is 0.409 e. The maximum atomic E-state index is 13.2. The molecule has 0 radical (unpaired) electrons. The number of amides is 1. The fourth-order valence-corrected chi connectivity index (χ4v) is 5.94. The number of benzene rings is 2. The zero-order valence-electron chi connectivity index (χ0n) is 21.0. The van der Waals surface area contributed by atoms with Crippen molar-refractivity contribution in [3.8, 4) is 0 Å². The second kappa shape index (κ2) is 10.4. The van der Waals surface area contributed by atoms with Gasteiger partial charge in [-0.15, -0.1) is 0 Å². The molecule has 0 N–H and O–H groups in total. The van der Waals surface area contributed by atoms with E-state index in [1.54, 1.807) is 35.2 Å². The van der Waals surface area contributed by atoms with Crippen LogP contribution in [-0.2, 0) is 21.1 Å². The Kier molecular flexibility index (Phi) is 7.52. The molecule has 0 aliphatic carbocycles. The number of ether oxygens (including phenoxy) is 1. The number of rotatable bonds is 7. The molecule has 35 heavy (non-hydrogen) atoms. The Morgan fingerprint density at radius 2 is 1.74 bits per heavy atom. The van der Waals surface area contributed by atoms with Gasteiger partial charge in [0.15, 0.2) is 0 Å². The SMILES string of the molecule is CC(C)COC(=O)N1CCC(n2cc(CN(C)C)c3cc(S(=O)(=O)c4ccccc4)ccc32)CC1. The molecule has 0 saturated carbocycles. The molecule has 0 spiro atoms. The molecule has 1 fully saturated rings. The van der Waals surface area contributed by atoms with Gasteiger partial charge in [0.25, 0.3) is 0 Å². The van der Waals surface area contributed by atoms with Gasteiger partial charge in [0.05, 0.1) is 16.4 Å². The lowest BCUT2D eigenvalue weighted by molar-refractivity contribution is 0.0800. The van der Waals surface area contributed by atoms with Crippen LogP contribution in [0.4, 0.5) is 4.79 Å². The summed E-state index contributed by atoms with van der Waals surface area (Å²) in [6.45, 7) is 6.48. The Bertz CT molecular complexity index is 1270. The predicted octanol–water partition coefficient (Wildman–Crippen LogP) is 4.97. The number of nitrogens with zero attached hydrogens (tertiary/aromatic N) is 3. The first-order chi connectivity index (χ1) is 16.7. The monoisotopic (exact) mass is 497 g/mol. The molecule has 7 nitrogen and oxygen atoms in total. The Hall–Kier alpha value is -2.84. The molecule has 3 aromatic rings. The number of carbonyl (C=O) groups is 1. The Balaban J connectivity index is 1.62. The van der Waals surface area contributed by atoms with Crippen LogP contribution in [0.25, 0.3) is 10.9 Å². The van der Waals surface area contributed by atoms with Gasteiger partial charge in [-0.1, -0.05) is 32.0 Å². The van der Waals surface area contributed by atoms with Gasteiger partial charge < -0.3 is 19.1 Å². The summed E-state index contributed by atoms with van der Waals surface area (Å²) in [4.78, 5) is 16.8. The highest BCUT2D eigenvalue weighted by Crippen LogP contribution is 2.33. The third kappa shape index (κ3) is 5.54. The molecule has 2 aromatic carbocycles. The minimum atomic E-state index is -3.60. The van der Waals surface area contributed by atoms with Crippen molar-refractivity contribution in [2.24, 2.45) is 5.92 Å². The fraction of sp³-hybridized carbons (Fsp3) is 0.444. The molecular formula is C27H35N3O4S. The summed E-state index contributed by atoms with van der Waals surface area (Å²) < 4.78 is 34.2. The number of sulfone groups is 1. The largest absolute Gasteiger partial charge is 0.449 e. The van der Waals surface area contributed by atoms with Crippen LogP contribution in [0, 0.1) is 5.92 Å². The van der Waals surface area contributed by atoms with Gasteiger partial charge in [-0.25, -0.2) is 13.2 Å². The average molecular weight is 498 g/mol. The zero-order valence-corrected chi connectivity index (χ0v) is 21.8. The average Bonchev–Trinajstić information content (AvgIpc) is 3.20. The molecule has 1 aliphatic heterocycles. The van der Waals surface area contributed by atoms with Crippen molar-refractivity contribution in [3.63, 3.8) is 0 Å². The summed E-state index contributed by atoms with van der Waals surface area (Å²) in [6.07, 6.45) is 3.57. The van der Waals surface area contributed by atoms with Gasteiger partial charge in [-0.2, -0.15) is 0 Å². The summed E-state index contributed by atoms with van der Waals surface area (Å²) in [5.41, 5.74) is 2.11. The topological polar surface area (TPSA) is 71.8 Å². The Labute approximate surface area is 208 Å². The molecule has 1 saturated heterocycles. The molecule has 0 atom stereocenters. The van der Waals surface area contributed by atoms with Crippen molar-refractivity contribution in [1.82, 2.24) is 14.4 Å². The molecule has 1 aromatic heterocycles.